The predicted molar refractivity (Wildman–Crippen MR) is 156 cm³/mol. The summed E-state index contributed by atoms with van der Waals surface area (Å²) in [4.78, 5) is 31.2. The lowest BCUT2D eigenvalue weighted by Gasteiger charge is -2.22. The standard InChI is InChI=1S/C30H29ClN4O2S/c1-17-9-10-22(34-27(36)20-7-6-8-21(13-20)30(4,5)11-12-32)14-25(17)35-28(37)26-15-23-18(2)19(3)24(31)16-33-29(23)38-26/h6-10,13-16,18H,11H2,1-5H3,(H,34,36)(H,35,37). The number of fused-ring (bicyclic) bond motifs is 1. The molecule has 1 atom stereocenters. The minimum absolute atomic E-state index is 0.0575. The summed E-state index contributed by atoms with van der Waals surface area (Å²) in [5.74, 6) is -0.448. The molecule has 3 aromatic rings. The smallest absolute Gasteiger partial charge is 0.265 e. The molecule has 38 heavy (non-hydrogen) atoms. The Kier molecular flexibility index (Phi) is 7.86. The van der Waals surface area contributed by atoms with E-state index in [1.54, 1.807) is 24.4 Å². The second-order valence-electron chi connectivity index (χ2n) is 10.1. The van der Waals surface area contributed by atoms with Crippen LogP contribution in [0.2, 0.25) is 0 Å². The number of nitrogens with one attached hydrogen (secondary N) is 2. The van der Waals surface area contributed by atoms with Gasteiger partial charge in [-0.05, 0) is 66.4 Å². The van der Waals surface area contributed by atoms with Crippen LogP contribution in [0.15, 0.2) is 64.1 Å². The minimum atomic E-state index is -0.364. The maximum atomic E-state index is 13.2. The minimum Gasteiger partial charge on any atom is -0.322 e. The fourth-order valence-electron chi connectivity index (χ4n) is 4.18. The Bertz CT molecular complexity index is 1530. The van der Waals surface area contributed by atoms with Crippen molar-refractivity contribution in [2.24, 2.45) is 4.99 Å². The Morgan fingerprint density at radius 3 is 2.61 bits per heavy atom. The van der Waals surface area contributed by atoms with E-state index in [4.69, 9.17) is 16.9 Å². The molecule has 2 N–H and O–H groups in total. The molecule has 4 rings (SSSR count). The van der Waals surface area contributed by atoms with E-state index < -0.39 is 0 Å². The molecule has 0 spiro atoms. The fourth-order valence-corrected chi connectivity index (χ4v) is 5.39. The molecule has 2 aromatic carbocycles. The maximum Gasteiger partial charge on any atom is 0.265 e. The van der Waals surface area contributed by atoms with Crippen molar-refractivity contribution >= 4 is 57.3 Å². The highest BCUT2D eigenvalue weighted by Crippen LogP contribution is 2.42. The second kappa shape index (κ2) is 10.9. The van der Waals surface area contributed by atoms with Gasteiger partial charge in [0.1, 0.15) is 5.00 Å². The highest BCUT2D eigenvalue weighted by Gasteiger charge is 2.24. The van der Waals surface area contributed by atoms with E-state index in [0.717, 1.165) is 27.3 Å². The van der Waals surface area contributed by atoms with Crippen molar-refractivity contribution in [1.82, 2.24) is 0 Å². The number of nitrogens with zero attached hydrogens (tertiary/aromatic N) is 2. The van der Waals surface area contributed by atoms with Gasteiger partial charge in [-0.25, -0.2) is 4.99 Å². The number of aryl methyl sites for hydroxylation is 1. The number of thiophene rings is 1. The molecule has 0 fully saturated rings. The first-order chi connectivity index (χ1) is 18.0. The van der Waals surface area contributed by atoms with Crippen molar-refractivity contribution in [3.05, 3.63) is 86.3 Å². The predicted octanol–water partition coefficient (Wildman–Crippen LogP) is 8.08. The van der Waals surface area contributed by atoms with Crippen LogP contribution < -0.4 is 10.6 Å². The topological polar surface area (TPSA) is 94.3 Å². The van der Waals surface area contributed by atoms with E-state index in [1.807, 2.05) is 58.0 Å². The number of hydrogen-bond acceptors (Lipinski definition) is 5. The van der Waals surface area contributed by atoms with Gasteiger partial charge in [0.15, 0.2) is 0 Å². The average Bonchev–Trinajstić information content (AvgIpc) is 3.29. The molecule has 2 amide bonds. The van der Waals surface area contributed by atoms with Crippen LogP contribution in [-0.2, 0) is 5.41 Å². The van der Waals surface area contributed by atoms with Gasteiger partial charge in [-0.2, -0.15) is 5.26 Å². The zero-order valence-electron chi connectivity index (χ0n) is 22.0. The zero-order chi connectivity index (χ0) is 27.6. The first-order valence-electron chi connectivity index (χ1n) is 12.2. The molecule has 194 valence electrons. The van der Waals surface area contributed by atoms with E-state index >= 15 is 0 Å². The lowest BCUT2D eigenvalue weighted by atomic mass is 9.81. The van der Waals surface area contributed by atoms with Gasteiger partial charge in [0.25, 0.3) is 11.8 Å². The monoisotopic (exact) mass is 544 g/mol. The average molecular weight is 545 g/mol. The third-order valence-corrected chi connectivity index (χ3v) is 8.38. The molecule has 0 saturated carbocycles. The van der Waals surface area contributed by atoms with Crippen molar-refractivity contribution in [3.63, 3.8) is 0 Å². The molecule has 2 heterocycles. The Hall–Kier alpha value is -3.73. The Morgan fingerprint density at radius 2 is 1.87 bits per heavy atom. The third kappa shape index (κ3) is 5.72. The van der Waals surface area contributed by atoms with Crippen LogP contribution in [-0.4, -0.2) is 18.0 Å². The Labute approximate surface area is 232 Å². The number of aliphatic imine (C=N–C) groups is 1. The molecule has 0 saturated heterocycles. The van der Waals surface area contributed by atoms with Crippen LogP contribution in [0, 0.1) is 18.3 Å². The quantitative estimate of drug-likeness (QED) is 0.328. The molecular weight excluding hydrogens is 516 g/mol. The summed E-state index contributed by atoms with van der Waals surface area (Å²) in [5, 5.41) is 16.4. The highest BCUT2D eigenvalue weighted by atomic mass is 35.5. The maximum absolute atomic E-state index is 13.2. The van der Waals surface area contributed by atoms with Gasteiger partial charge in [0, 0.05) is 40.9 Å². The zero-order valence-corrected chi connectivity index (χ0v) is 23.6. The molecule has 0 radical (unpaired) electrons. The van der Waals surface area contributed by atoms with E-state index in [0.29, 0.717) is 33.3 Å². The Balaban J connectivity index is 1.51. The molecule has 1 unspecified atom stereocenters. The summed E-state index contributed by atoms with van der Waals surface area (Å²) < 4.78 is 0. The summed E-state index contributed by atoms with van der Waals surface area (Å²) in [5.41, 5.74) is 5.08. The summed E-state index contributed by atoms with van der Waals surface area (Å²) in [6.45, 7) is 9.88. The summed E-state index contributed by atoms with van der Waals surface area (Å²) >= 11 is 7.61. The molecule has 8 heteroatoms. The van der Waals surface area contributed by atoms with Crippen LogP contribution in [0.1, 0.15) is 76.8 Å². The second-order valence-corrected chi connectivity index (χ2v) is 11.6. The van der Waals surface area contributed by atoms with Gasteiger partial charge >= 0.3 is 0 Å². The van der Waals surface area contributed by atoms with Crippen molar-refractivity contribution in [1.29, 1.82) is 5.26 Å². The number of allylic oxidation sites excluding steroid dienone is 2. The van der Waals surface area contributed by atoms with Crippen LogP contribution in [0.25, 0.3) is 0 Å². The molecule has 1 aliphatic rings. The van der Waals surface area contributed by atoms with Gasteiger partial charge in [-0.1, -0.05) is 50.6 Å². The van der Waals surface area contributed by atoms with Crippen LogP contribution in [0.5, 0.6) is 0 Å². The number of halogens is 1. The third-order valence-electron chi connectivity index (χ3n) is 6.92. The largest absolute Gasteiger partial charge is 0.322 e. The van der Waals surface area contributed by atoms with Gasteiger partial charge < -0.3 is 10.6 Å². The molecule has 0 aliphatic carbocycles. The molecule has 0 bridgehead atoms. The van der Waals surface area contributed by atoms with Gasteiger partial charge in [0.2, 0.25) is 0 Å². The molecular formula is C30H29ClN4O2S. The van der Waals surface area contributed by atoms with Crippen molar-refractivity contribution in [2.45, 2.75) is 52.4 Å². The number of nitriles is 1. The van der Waals surface area contributed by atoms with Crippen LogP contribution in [0.3, 0.4) is 0 Å². The number of benzene rings is 2. The summed E-state index contributed by atoms with van der Waals surface area (Å²) in [7, 11) is 0. The van der Waals surface area contributed by atoms with Gasteiger partial charge in [-0.3, -0.25) is 9.59 Å². The number of anilines is 2. The number of hydrogen-bond donors (Lipinski definition) is 2. The SMILES string of the molecule is CC1=C(Cl)C=Nc2sc(C(=O)Nc3cc(NC(=O)c4cccc(C(C)(C)CC#N)c4)ccc3C)cc2C1C. The fraction of sp³-hybridized carbons (Fsp3) is 0.267. The lowest BCUT2D eigenvalue weighted by molar-refractivity contribution is 0.102. The van der Waals surface area contributed by atoms with Crippen molar-refractivity contribution < 1.29 is 9.59 Å². The van der Waals surface area contributed by atoms with Crippen LogP contribution in [0.4, 0.5) is 16.4 Å². The van der Waals surface area contributed by atoms with Crippen molar-refractivity contribution in [3.8, 4) is 6.07 Å². The van der Waals surface area contributed by atoms with E-state index in [-0.39, 0.29) is 23.1 Å². The number of amides is 2. The first-order valence-corrected chi connectivity index (χ1v) is 13.4. The molecule has 6 nitrogen and oxygen atoms in total. The summed E-state index contributed by atoms with van der Waals surface area (Å²) in [6.07, 6.45) is 1.98. The normalized spacial score (nSPS) is 14.9. The van der Waals surface area contributed by atoms with Crippen LogP contribution >= 0.6 is 22.9 Å². The van der Waals surface area contributed by atoms with E-state index in [2.05, 4.69) is 28.6 Å². The number of carbonyl (C=O) groups is 2. The first kappa shape index (κ1) is 27.3. The van der Waals surface area contributed by atoms with E-state index in [9.17, 15) is 9.59 Å². The van der Waals surface area contributed by atoms with Gasteiger partial charge in [-0.15, -0.1) is 11.3 Å². The highest BCUT2D eigenvalue weighted by molar-refractivity contribution is 7.18. The number of rotatable bonds is 6. The molecule has 1 aromatic heterocycles. The lowest BCUT2D eigenvalue weighted by Crippen LogP contribution is -2.18. The van der Waals surface area contributed by atoms with E-state index in [1.165, 1.54) is 11.3 Å². The number of carbonyl (C=O) groups excluding carboxylic acids is 2. The van der Waals surface area contributed by atoms with Crippen molar-refractivity contribution in [2.75, 3.05) is 10.6 Å². The Morgan fingerprint density at radius 1 is 1.11 bits per heavy atom. The van der Waals surface area contributed by atoms with Gasteiger partial charge in [0.05, 0.1) is 16.0 Å². The summed E-state index contributed by atoms with van der Waals surface area (Å²) in [6, 6.07) is 16.8. The molecule has 1 aliphatic heterocycles.